The molecule has 0 radical (unpaired) electrons. The largest absolute Gasteiger partial charge is 0.295 e. The van der Waals surface area contributed by atoms with Gasteiger partial charge in [-0.15, -0.1) is 11.6 Å². The second-order valence-corrected chi connectivity index (χ2v) is 10.5. The number of alkyl halides is 1. The van der Waals surface area contributed by atoms with Crippen molar-refractivity contribution in [2.24, 2.45) is 0 Å². The van der Waals surface area contributed by atoms with Crippen LogP contribution in [0, 0.1) is 0 Å². The van der Waals surface area contributed by atoms with Crippen LogP contribution in [-0.4, -0.2) is 21.9 Å². The summed E-state index contributed by atoms with van der Waals surface area (Å²) in [5.41, 5.74) is 3.50. The van der Waals surface area contributed by atoms with E-state index in [1.165, 1.54) is 11.1 Å². The Labute approximate surface area is 241 Å². The molecule has 3 nitrogen and oxygen atoms in total. The van der Waals surface area contributed by atoms with Crippen LogP contribution in [0.1, 0.15) is 29.7 Å². The zero-order chi connectivity index (χ0) is 26.5. The van der Waals surface area contributed by atoms with Gasteiger partial charge in [0.25, 0.3) is 0 Å². The average molecular weight is 592 g/mol. The molecule has 0 saturated heterocycles. The highest BCUT2D eigenvalue weighted by atomic mass is 35.5. The number of pyridine rings is 2. The van der Waals surface area contributed by atoms with Crippen molar-refractivity contribution in [3.05, 3.63) is 116 Å². The molecule has 5 rings (SSSR count). The van der Waals surface area contributed by atoms with E-state index >= 15 is 0 Å². The lowest BCUT2D eigenvalue weighted by Gasteiger charge is -2.25. The monoisotopic (exact) mass is 589 g/mol. The topological polar surface area (TPSA) is 29.0 Å². The van der Waals surface area contributed by atoms with Crippen LogP contribution in [0.4, 0.5) is 0 Å². The number of hydrogen-bond donors (Lipinski definition) is 0. The second-order valence-electron chi connectivity index (χ2n) is 8.69. The molecular weight excluding hydrogens is 568 g/mol. The molecule has 37 heavy (non-hydrogen) atoms. The Bertz CT molecular complexity index is 1530. The van der Waals surface area contributed by atoms with Gasteiger partial charge in [-0.25, -0.2) is 9.97 Å². The van der Waals surface area contributed by atoms with E-state index in [0.717, 1.165) is 33.7 Å². The zero-order valence-electron chi connectivity index (χ0n) is 20.2. The summed E-state index contributed by atoms with van der Waals surface area (Å²) in [6, 6.07) is 22.8. The molecule has 5 aromatic rings. The minimum Gasteiger partial charge on any atom is -0.295 e. The van der Waals surface area contributed by atoms with Crippen molar-refractivity contribution < 1.29 is 0 Å². The van der Waals surface area contributed by atoms with Crippen LogP contribution in [0.2, 0.25) is 20.4 Å². The van der Waals surface area contributed by atoms with Crippen LogP contribution in [0.25, 0.3) is 21.5 Å². The van der Waals surface area contributed by atoms with E-state index in [-0.39, 0.29) is 0 Å². The quantitative estimate of drug-likeness (QED) is 0.150. The standard InChI is InChI=1S/C19H18Cl2N2.C10H6Cl3N/c1-13(15-6-4-3-5-7-15)23(2)12-14-8-9-16-17(10-14)19(21)22-11-18(16)20;11-4-6-1-2-7-8(3-6)10(13)14-5-9(7)12/h3-11,13H,12H2,1-2H3;1-3,5H,4H2. The summed E-state index contributed by atoms with van der Waals surface area (Å²) in [5.74, 6) is 0.457. The van der Waals surface area contributed by atoms with E-state index in [2.05, 4.69) is 65.2 Å². The predicted octanol–water partition coefficient (Wildman–Crippen LogP) is 10.0. The molecule has 0 saturated carbocycles. The molecule has 3 aromatic carbocycles. The molecule has 2 heterocycles. The van der Waals surface area contributed by atoms with Crippen molar-refractivity contribution in [3.8, 4) is 0 Å². The van der Waals surface area contributed by atoms with Crippen molar-refractivity contribution in [3.63, 3.8) is 0 Å². The van der Waals surface area contributed by atoms with Gasteiger partial charge in [0.15, 0.2) is 0 Å². The molecule has 1 unspecified atom stereocenters. The van der Waals surface area contributed by atoms with Gasteiger partial charge in [-0.05, 0) is 42.8 Å². The fourth-order valence-electron chi connectivity index (χ4n) is 4.04. The van der Waals surface area contributed by atoms with Gasteiger partial charge >= 0.3 is 0 Å². The third-order valence-electron chi connectivity index (χ3n) is 6.24. The predicted molar refractivity (Wildman–Crippen MR) is 159 cm³/mol. The summed E-state index contributed by atoms with van der Waals surface area (Å²) in [6.45, 7) is 3.04. The van der Waals surface area contributed by atoms with Crippen molar-refractivity contribution in [1.82, 2.24) is 14.9 Å². The SMILES string of the molecule is CC(c1ccccc1)N(C)Cc1ccc2c(Cl)cnc(Cl)c2c1.ClCc1ccc2c(Cl)cnc(Cl)c2c1. The fourth-order valence-corrected chi connectivity index (χ4v) is 5.04. The number of rotatable bonds is 5. The van der Waals surface area contributed by atoms with Gasteiger partial charge in [0, 0.05) is 52.4 Å². The van der Waals surface area contributed by atoms with E-state index < -0.39 is 0 Å². The maximum atomic E-state index is 6.21. The van der Waals surface area contributed by atoms with E-state index in [1.807, 2.05) is 30.3 Å². The third-order valence-corrected chi connectivity index (χ3v) is 7.75. The van der Waals surface area contributed by atoms with E-state index in [4.69, 9.17) is 58.0 Å². The van der Waals surface area contributed by atoms with Crippen molar-refractivity contribution in [2.45, 2.75) is 25.4 Å². The highest BCUT2D eigenvalue weighted by molar-refractivity contribution is 6.40. The van der Waals surface area contributed by atoms with Crippen molar-refractivity contribution in [2.75, 3.05) is 7.05 Å². The Morgan fingerprint density at radius 3 is 1.76 bits per heavy atom. The molecule has 0 aliphatic rings. The summed E-state index contributed by atoms with van der Waals surface area (Å²) in [4.78, 5) is 10.4. The van der Waals surface area contributed by atoms with Crippen LogP contribution >= 0.6 is 58.0 Å². The highest BCUT2D eigenvalue weighted by Gasteiger charge is 2.13. The van der Waals surface area contributed by atoms with Gasteiger partial charge in [0.2, 0.25) is 0 Å². The molecule has 190 valence electrons. The lowest BCUT2D eigenvalue weighted by Crippen LogP contribution is -2.21. The molecule has 0 amide bonds. The highest BCUT2D eigenvalue weighted by Crippen LogP contribution is 2.30. The maximum Gasteiger partial charge on any atom is 0.136 e. The van der Waals surface area contributed by atoms with Crippen LogP contribution in [0.3, 0.4) is 0 Å². The Balaban J connectivity index is 0.000000195. The third kappa shape index (κ3) is 6.67. The molecule has 0 aliphatic carbocycles. The molecule has 0 fully saturated rings. The minimum atomic E-state index is 0.333. The first-order valence-electron chi connectivity index (χ1n) is 11.5. The lowest BCUT2D eigenvalue weighted by molar-refractivity contribution is 0.253. The molecule has 1 atom stereocenters. The van der Waals surface area contributed by atoms with Gasteiger partial charge in [0.05, 0.1) is 10.0 Å². The summed E-state index contributed by atoms with van der Waals surface area (Å²) >= 11 is 30.0. The maximum absolute atomic E-state index is 6.21. The molecule has 2 aromatic heterocycles. The van der Waals surface area contributed by atoms with Gasteiger partial charge in [-0.2, -0.15) is 0 Å². The smallest absolute Gasteiger partial charge is 0.136 e. The van der Waals surface area contributed by atoms with Gasteiger partial charge in [0.1, 0.15) is 10.3 Å². The second kappa shape index (κ2) is 12.6. The van der Waals surface area contributed by atoms with Crippen molar-refractivity contribution >= 4 is 79.5 Å². The number of nitrogens with zero attached hydrogens (tertiary/aromatic N) is 3. The summed E-state index contributed by atoms with van der Waals surface area (Å²) < 4.78 is 0. The Morgan fingerprint density at radius 2 is 1.22 bits per heavy atom. The lowest BCUT2D eigenvalue weighted by atomic mass is 10.1. The fraction of sp³-hybridized carbons (Fsp3) is 0.172. The molecule has 8 heteroatoms. The number of fused-ring (bicyclic) bond motifs is 2. The molecule has 0 spiro atoms. The number of benzene rings is 3. The normalized spacial score (nSPS) is 12.0. The minimum absolute atomic E-state index is 0.333. The van der Waals surface area contributed by atoms with Gasteiger partial charge < -0.3 is 0 Å². The first kappa shape index (κ1) is 27.9. The van der Waals surface area contributed by atoms with Gasteiger partial charge in [-0.3, -0.25) is 4.90 Å². The van der Waals surface area contributed by atoms with Crippen LogP contribution in [0.15, 0.2) is 79.1 Å². The van der Waals surface area contributed by atoms with E-state index in [9.17, 15) is 0 Å². The number of aromatic nitrogens is 2. The van der Waals surface area contributed by atoms with E-state index in [0.29, 0.717) is 32.3 Å². The number of halogens is 5. The zero-order valence-corrected chi connectivity index (χ0v) is 24.0. The molecule has 0 aliphatic heterocycles. The van der Waals surface area contributed by atoms with E-state index in [1.54, 1.807) is 12.4 Å². The molecule has 0 N–H and O–H groups in total. The molecular formula is C29H24Cl5N3. The Kier molecular flexibility index (Phi) is 9.52. The Morgan fingerprint density at radius 1 is 0.703 bits per heavy atom. The average Bonchev–Trinajstić information content (AvgIpc) is 2.93. The summed E-state index contributed by atoms with van der Waals surface area (Å²) in [6.07, 6.45) is 3.14. The van der Waals surface area contributed by atoms with Crippen molar-refractivity contribution in [1.29, 1.82) is 0 Å². The van der Waals surface area contributed by atoms with Crippen LogP contribution in [0.5, 0.6) is 0 Å². The first-order chi connectivity index (χ1) is 17.8. The van der Waals surface area contributed by atoms with Crippen LogP contribution in [-0.2, 0) is 12.4 Å². The number of hydrogen-bond acceptors (Lipinski definition) is 3. The van der Waals surface area contributed by atoms with Crippen LogP contribution < -0.4 is 0 Å². The molecule has 0 bridgehead atoms. The Hall–Kier alpha value is -2.11. The summed E-state index contributed by atoms with van der Waals surface area (Å²) in [5, 5.41) is 5.76. The van der Waals surface area contributed by atoms with Gasteiger partial charge in [-0.1, -0.05) is 101 Å². The summed E-state index contributed by atoms with van der Waals surface area (Å²) in [7, 11) is 2.12. The first-order valence-corrected chi connectivity index (χ1v) is 13.6.